The Morgan fingerprint density at radius 1 is 1.32 bits per heavy atom. The number of hydrogen-bond donors (Lipinski definition) is 1. The molecule has 0 radical (unpaired) electrons. The van der Waals surface area contributed by atoms with Crippen molar-refractivity contribution in [2.75, 3.05) is 22.7 Å². The normalized spacial score (nSPS) is 15.9. The van der Waals surface area contributed by atoms with Gasteiger partial charge in [0, 0.05) is 24.3 Å². The summed E-state index contributed by atoms with van der Waals surface area (Å²) in [6.45, 7) is 1.67. The van der Waals surface area contributed by atoms with E-state index in [0.29, 0.717) is 6.42 Å². The van der Waals surface area contributed by atoms with E-state index < -0.39 is 16.3 Å². The van der Waals surface area contributed by atoms with Crippen molar-refractivity contribution in [1.29, 1.82) is 0 Å². The average molecular weight is 414 g/mol. The average Bonchev–Trinajstić information content (AvgIpc) is 3.27. The zero-order valence-corrected chi connectivity index (χ0v) is 15.0. The first-order valence-electron chi connectivity index (χ1n) is 8.28. The van der Waals surface area contributed by atoms with Crippen LogP contribution in [0.25, 0.3) is 0 Å². The van der Waals surface area contributed by atoms with E-state index in [2.05, 4.69) is 24.8 Å². The highest BCUT2D eigenvalue weighted by molar-refractivity contribution is 8.01. The summed E-state index contributed by atoms with van der Waals surface area (Å²) < 4.78 is 45.4. The van der Waals surface area contributed by atoms with Gasteiger partial charge < -0.3 is 14.0 Å². The lowest BCUT2D eigenvalue weighted by Crippen LogP contribution is -2.27. The first kappa shape index (κ1) is 18.5. The number of alkyl halides is 3. The molecule has 0 amide bonds. The second kappa shape index (κ2) is 6.96. The molecule has 9 nitrogen and oxygen atoms in total. The minimum atomic E-state index is -4.47. The van der Waals surface area contributed by atoms with Crippen LogP contribution < -0.4 is 9.62 Å². The maximum Gasteiger partial charge on any atom is 0.461 e. The van der Waals surface area contributed by atoms with Crippen LogP contribution in [0.1, 0.15) is 17.5 Å². The number of nitro groups is 1. The number of halogens is 3. The fraction of sp³-hybridized carbons (Fsp3) is 0.400. The molecule has 0 saturated heterocycles. The van der Waals surface area contributed by atoms with Crippen LogP contribution in [0.3, 0.4) is 0 Å². The standard InChI is InChI=1S/C15H13F3N6O3S/c16-15(17,18)28-22-12-9-2-1-4-23-5-3-8(13(9)23)6-10(12)20-21-14-19-7-11(27-14)24(25)26/h6-7,22H,1-5H2. The van der Waals surface area contributed by atoms with E-state index in [1.165, 1.54) is 0 Å². The Morgan fingerprint density at radius 2 is 2.14 bits per heavy atom. The number of rotatable bonds is 5. The van der Waals surface area contributed by atoms with Crippen molar-refractivity contribution in [2.45, 2.75) is 24.8 Å². The molecule has 0 fully saturated rings. The van der Waals surface area contributed by atoms with Crippen molar-refractivity contribution in [3.63, 3.8) is 0 Å². The van der Waals surface area contributed by atoms with Crippen molar-refractivity contribution in [3.05, 3.63) is 33.5 Å². The maximum atomic E-state index is 12.7. The molecule has 0 unspecified atom stereocenters. The van der Waals surface area contributed by atoms with Gasteiger partial charge in [0.15, 0.2) is 6.20 Å². The van der Waals surface area contributed by atoms with Crippen molar-refractivity contribution < 1.29 is 22.5 Å². The highest BCUT2D eigenvalue weighted by atomic mass is 32.2. The van der Waals surface area contributed by atoms with Crippen LogP contribution >= 0.6 is 11.9 Å². The first-order valence-corrected chi connectivity index (χ1v) is 9.10. The number of nitrogens with one attached hydrogen (secondary N) is 1. The van der Waals surface area contributed by atoms with Crippen LogP contribution in [0.5, 0.6) is 0 Å². The monoisotopic (exact) mass is 414 g/mol. The van der Waals surface area contributed by atoms with Gasteiger partial charge in [0.1, 0.15) is 10.6 Å². The summed E-state index contributed by atoms with van der Waals surface area (Å²) in [5.74, 6) is -0.598. The highest BCUT2D eigenvalue weighted by Gasteiger charge is 2.33. The molecule has 13 heteroatoms. The molecule has 1 aromatic carbocycles. The highest BCUT2D eigenvalue weighted by Crippen LogP contribution is 2.47. The van der Waals surface area contributed by atoms with Crippen LogP contribution in [0.4, 0.5) is 42.1 Å². The van der Waals surface area contributed by atoms with E-state index in [1.807, 2.05) is 0 Å². The Kier molecular flexibility index (Phi) is 4.61. The predicted octanol–water partition coefficient (Wildman–Crippen LogP) is 4.89. The smallest absolute Gasteiger partial charge is 0.371 e. The van der Waals surface area contributed by atoms with Crippen molar-refractivity contribution in [3.8, 4) is 0 Å². The molecule has 1 aromatic heterocycles. The second-order valence-corrected chi connectivity index (χ2v) is 7.06. The molecule has 148 valence electrons. The Hall–Kier alpha value is -2.83. The van der Waals surface area contributed by atoms with E-state index in [-0.39, 0.29) is 29.3 Å². The van der Waals surface area contributed by atoms with Gasteiger partial charge in [-0.15, -0.1) is 5.11 Å². The summed E-state index contributed by atoms with van der Waals surface area (Å²) >= 11 is -0.368. The van der Waals surface area contributed by atoms with Gasteiger partial charge in [-0.25, -0.2) is 0 Å². The van der Waals surface area contributed by atoms with Gasteiger partial charge in [0.2, 0.25) is 0 Å². The Bertz CT molecular complexity index is 961. The lowest BCUT2D eigenvalue weighted by molar-refractivity contribution is -0.401. The van der Waals surface area contributed by atoms with Crippen molar-refractivity contribution in [1.82, 2.24) is 4.98 Å². The Balaban J connectivity index is 1.72. The minimum Gasteiger partial charge on any atom is -0.371 e. The number of nitrogens with zero attached hydrogens (tertiary/aromatic N) is 5. The van der Waals surface area contributed by atoms with Gasteiger partial charge in [-0.2, -0.15) is 18.2 Å². The zero-order chi connectivity index (χ0) is 19.9. The van der Waals surface area contributed by atoms with Gasteiger partial charge >= 0.3 is 17.4 Å². The van der Waals surface area contributed by atoms with Gasteiger partial charge in [0.05, 0.1) is 17.6 Å². The van der Waals surface area contributed by atoms with Crippen LogP contribution in [-0.4, -0.2) is 28.5 Å². The predicted molar refractivity (Wildman–Crippen MR) is 95.3 cm³/mol. The number of aromatic nitrogens is 1. The van der Waals surface area contributed by atoms with Crippen LogP contribution in [0, 0.1) is 10.1 Å². The number of azo groups is 1. The van der Waals surface area contributed by atoms with Gasteiger partial charge in [0.25, 0.3) is 0 Å². The molecule has 2 aliphatic heterocycles. The zero-order valence-electron chi connectivity index (χ0n) is 14.2. The summed E-state index contributed by atoms with van der Waals surface area (Å²) in [6, 6.07) is 1.33. The summed E-state index contributed by atoms with van der Waals surface area (Å²) in [5.41, 5.74) is -1.32. The van der Waals surface area contributed by atoms with E-state index in [4.69, 9.17) is 4.42 Å². The molecule has 3 heterocycles. The number of benzene rings is 1. The lowest BCUT2D eigenvalue weighted by atomic mass is 9.97. The van der Waals surface area contributed by atoms with Gasteiger partial charge in [-0.1, -0.05) is 5.11 Å². The van der Waals surface area contributed by atoms with Gasteiger partial charge in [-0.05, 0) is 30.9 Å². The van der Waals surface area contributed by atoms with E-state index in [0.717, 1.165) is 48.9 Å². The Morgan fingerprint density at radius 3 is 2.86 bits per heavy atom. The summed E-state index contributed by atoms with van der Waals surface area (Å²) in [6.07, 6.45) is 3.09. The molecule has 4 rings (SSSR count). The molecule has 0 spiro atoms. The number of anilines is 2. The number of oxazole rings is 1. The fourth-order valence-corrected chi connectivity index (χ4v) is 3.87. The summed E-state index contributed by atoms with van der Waals surface area (Å²) in [5, 5.41) is 18.3. The third-order valence-electron chi connectivity index (χ3n) is 4.45. The molecular weight excluding hydrogens is 401 g/mol. The molecule has 0 atom stereocenters. The van der Waals surface area contributed by atoms with Crippen LogP contribution in [0.15, 0.2) is 26.9 Å². The molecule has 0 saturated carbocycles. The Labute approximate surface area is 160 Å². The topological polar surface area (TPSA) is 109 Å². The van der Waals surface area contributed by atoms with Crippen molar-refractivity contribution >= 4 is 40.9 Å². The quantitative estimate of drug-likeness (QED) is 0.321. The van der Waals surface area contributed by atoms with Crippen molar-refractivity contribution in [2.24, 2.45) is 10.2 Å². The SMILES string of the molecule is O=[N+]([O-])c1cnc(N=Nc2cc3c4c(c2NSC(F)(F)F)CCCN4CC3)o1. The molecule has 2 aromatic rings. The molecular formula is C15H13F3N6O3S. The third-order valence-corrected chi connectivity index (χ3v) is 4.99. The second-order valence-electron chi connectivity index (χ2n) is 6.19. The lowest BCUT2D eigenvalue weighted by Gasteiger charge is -2.29. The largest absolute Gasteiger partial charge is 0.461 e. The van der Waals surface area contributed by atoms with E-state index in [9.17, 15) is 23.3 Å². The molecule has 28 heavy (non-hydrogen) atoms. The summed E-state index contributed by atoms with van der Waals surface area (Å²) in [7, 11) is 0. The molecule has 2 aliphatic rings. The maximum absolute atomic E-state index is 12.7. The van der Waals surface area contributed by atoms with E-state index in [1.54, 1.807) is 6.07 Å². The first-order chi connectivity index (χ1) is 13.3. The molecule has 1 N–H and O–H groups in total. The summed E-state index contributed by atoms with van der Waals surface area (Å²) in [4.78, 5) is 15.7. The van der Waals surface area contributed by atoms with Crippen LogP contribution in [-0.2, 0) is 12.8 Å². The van der Waals surface area contributed by atoms with Crippen LogP contribution in [0.2, 0.25) is 0 Å². The molecule has 0 aliphatic carbocycles. The third kappa shape index (κ3) is 3.61. The fourth-order valence-electron chi connectivity index (χ4n) is 3.42. The van der Waals surface area contributed by atoms with E-state index >= 15 is 0 Å². The minimum absolute atomic E-state index is 0.204. The number of hydrogen-bond acceptors (Lipinski definition) is 9. The molecule has 0 bridgehead atoms. The van der Waals surface area contributed by atoms with Gasteiger partial charge in [-0.3, -0.25) is 10.1 Å².